The number of nitrogens with one attached hydrogen (secondary N) is 2. The molecule has 0 unspecified atom stereocenters. The molecule has 2 aromatic carbocycles. The normalized spacial score (nSPS) is 12.4. The minimum Gasteiger partial charge on any atom is -1.00 e. The predicted octanol–water partition coefficient (Wildman–Crippen LogP) is -1.90. The summed E-state index contributed by atoms with van der Waals surface area (Å²) in [5.74, 6) is -1.09. The van der Waals surface area contributed by atoms with Crippen molar-refractivity contribution in [1.29, 1.82) is 0 Å². The maximum Gasteiger partial charge on any atom is 0.230 e. The minimum atomic E-state index is -0.383. The summed E-state index contributed by atoms with van der Waals surface area (Å²) in [5, 5.41) is 5.74. The first kappa shape index (κ1) is 36.1. The Kier molecular flexibility index (Phi) is 13.9. The lowest BCUT2D eigenvalue weighted by atomic mass is 9.82. The molecule has 10 heteroatoms. The number of carbonyl (C=O) groups excluding carboxylic acids is 4. The predicted molar refractivity (Wildman–Crippen MR) is 151 cm³/mol. The van der Waals surface area contributed by atoms with E-state index in [4.69, 9.17) is 0 Å². The molecule has 0 saturated heterocycles. The van der Waals surface area contributed by atoms with Gasteiger partial charge in [-0.05, 0) is 39.8 Å². The van der Waals surface area contributed by atoms with Gasteiger partial charge in [-0.25, -0.2) is 0 Å². The quantitative estimate of drug-likeness (QED) is 0.166. The summed E-state index contributed by atoms with van der Waals surface area (Å²) in [6, 6.07) is 9.86. The maximum absolute atomic E-state index is 13.8. The molecule has 0 atom stereocenters. The maximum atomic E-state index is 13.8. The largest absolute Gasteiger partial charge is 1.00 e. The number of carbonyl (C=O) groups is 4. The van der Waals surface area contributed by atoms with E-state index in [0.29, 0.717) is 37.3 Å². The lowest BCUT2D eigenvalue weighted by Crippen LogP contribution is -3.00. The van der Waals surface area contributed by atoms with Gasteiger partial charge in [0, 0.05) is 11.1 Å². The molecule has 3 rings (SSSR count). The van der Waals surface area contributed by atoms with Gasteiger partial charge in [0.25, 0.3) is 0 Å². The third-order valence-electron chi connectivity index (χ3n) is 8.43. The van der Waals surface area contributed by atoms with Crippen molar-refractivity contribution in [3.63, 3.8) is 0 Å². The van der Waals surface area contributed by atoms with Gasteiger partial charge in [0.05, 0.1) is 88.7 Å². The SMILES string of the molecule is CC[N+](C)(CC)CCC(=O)Nc1cccc2c1C(=O)c1c(NC(=O)CC[N+](C)(CC)CC)cccc1C2=O.[I-].[I-]. The average molecular weight is 776 g/mol. The summed E-state index contributed by atoms with van der Waals surface area (Å²) in [5.41, 5.74) is 1.49. The Morgan fingerprint density at radius 3 is 1.30 bits per heavy atom. The molecule has 40 heavy (non-hydrogen) atoms. The topological polar surface area (TPSA) is 92.3 Å². The van der Waals surface area contributed by atoms with Crippen molar-refractivity contribution >= 4 is 34.8 Å². The van der Waals surface area contributed by atoms with Crippen LogP contribution in [-0.4, -0.2) is 85.7 Å². The Hall–Kier alpha value is -1.90. The Balaban J connectivity index is 0.00000400. The lowest BCUT2D eigenvalue weighted by molar-refractivity contribution is -0.905. The van der Waals surface area contributed by atoms with E-state index in [1.807, 2.05) is 0 Å². The van der Waals surface area contributed by atoms with E-state index in [-0.39, 0.29) is 93.6 Å². The fraction of sp³-hybridized carbons (Fsp3) is 0.467. The van der Waals surface area contributed by atoms with Crippen LogP contribution in [0.5, 0.6) is 0 Å². The van der Waals surface area contributed by atoms with Gasteiger partial charge in [0.2, 0.25) is 11.8 Å². The first-order valence-corrected chi connectivity index (χ1v) is 13.6. The van der Waals surface area contributed by atoms with Gasteiger partial charge in [-0.1, -0.05) is 24.3 Å². The first-order valence-electron chi connectivity index (χ1n) is 13.6. The molecule has 2 amide bonds. The number of halogens is 2. The number of anilines is 2. The molecule has 0 fully saturated rings. The number of ketones is 2. The molecule has 0 bridgehead atoms. The molecule has 0 radical (unpaired) electrons. The Labute approximate surface area is 272 Å². The van der Waals surface area contributed by atoms with Crippen LogP contribution in [0.15, 0.2) is 36.4 Å². The van der Waals surface area contributed by atoms with Crippen LogP contribution >= 0.6 is 0 Å². The van der Waals surface area contributed by atoms with Crippen LogP contribution in [0.25, 0.3) is 0 Å². The molecule has 220 valence electrons. The zero-order valence-corrected chi connectivity index (χ0v) is 28.7. The van der Waals surface area contributed by atoms with Crippen LogP contribution < -0.4 is 58.6 Å². The summed E-state index contributed by atoms with van der Waals surface area (Å²) in [4.78, 5) is 52.9. The van der Waals surface area contributed by atoms with Crippen molar-refractivity contribution in [2.75, 3.05) is 64.0 Å². The van der Waals surface area contributed by atoms with Crippen LogP contribution in [0.1, 0.15) is 72.4 Å². The second-order valence-corrected chi connectivity index (χ2v) is 10.7. The van der Waals surface area contributed by atoms with E-state index >= 15 is 0 Å². The summed E-state index contributed by atoms with van der Waals surface area (Å²) >= 11 is 0. The fourth-order valence-corrected chi connectivity index (χ4v) is 4.70. The second kappa shape index (κ2) is 15.4. The van der Waals surface area contributed by atoms with Gasteiger partial charge >= 0.3 is 0 Å². The number of nitrogens with zero attached hydrogens (tertiary/aromatic N) is 2. The number of amides is 2. The molecule has 2 N–H and O–H groups in total. The molecule has 0 saturated carbocycles. The van der Waals surface area contributed by atoms with Gasteiger partial charge in [-0.3, -0.25) is 19.2 Å². The zero-order chi connectivity index (χ0) is 28.1. The second-order valence-electron chi connectivity index (χ2n) is 10.7. The number of benzene rings is 2. The van der Waals surface area contributed by atoms with E-state index in [0.717, 1.165) is 35.1 Å². The van der Waals surface area contributed by atoms with Gasteiger partial charge in [0.1, 0.15) is 0 Å². The zero-order valence-electron chi connectivity index (χ0n) is 24.4. The smallest absolute Gasteiger partial charge is 0.230 e. The Morgan fingerprint density at radius 1 is 0.625 bits per heavy atom. The molecule has 2 aromatic rings. The van der Waals surface area contributed by atoms with Crippen molar-refractivity contribution in [1.82, 2.24) is 0 Å². The molecule has 0 heterocycles. The molecule has 8 nitrogen and oxygen atoms in total. The highest BCUT2D eigenvalue weighted by molar-refractivity contribution is 6.32. The Morgan fingerprint density at radius 2 is 0.975 bits per heavy atom. The molecular weight excluding hydrogens is 734 g/mol. The molecule has 0 aliphatic heterocycles. The van der Waals surface area contributed by atoms with Gasteiger partial charge in [-0.2, -0.15) is 0 Å². The summed E-state index contributed by atoms with van der Waals surface area (Å²) < 4.78 is 1.53. The Bertz CT molecular complexity index is 1150. The van der Waals surface area contributed by atoms with Gasteiger partial charge < -0.3 is 67.6 Å². The van der Waals surface area contributed by atoms with Crippen molar-refractivity contribution in [2.24, 2.45) is 0 Å². The standard InChI is InChI=1S/C30H40N4O4.2HI/c1-7-33(5,8-2)19-17-25(35)31-23-15-11-13-21-27(23)30(38)28-22(29(21)37)14-12-16-24(28)32-26(36)18-20-34(6,9-3)10-4;;/h11-16H,7-10,17-20H2,1-6H3;2*1H. The van der Waals surface area contributed by atoms with Crippen molar-refractivity contribution in [2.45, 2.75) is 40.5 Å². The third-order valence-corrected chi connectivity index (χ3v) is 8.43. The van der Waals surface area contributed by atoms with Crippen LogP contribution in [-0.2, 0) is 9.59 Å². The molecule has 1 aliphatic rings. The van der Waals surface area contributed by atoms with Crippen LogP contribution in [0.2, 0.25) is 0 Å². The number of hydrogen-bond acceptors (Lipinski definition) is 4. The van der Waals surface area contributed by atoms with Gasteiger partial charge in [-0.15, -0.1) is 0 Å². The van der Waals surface area contributed by atoms with E-state index in [1.165, 1.54) is 0 Å². The first-order chi connectivity index (χ1) is 18.0. The highest BCUT2D eigenvalue weighted by atomic mass is 127. The summed E-state index contributed by atoms with van der Waals surface area (Å²) in [6.45, 7) is 13.4. The lowest BCUT2D eigenvalue weighted by Gasteiger charge is -2.32. The van der Waals surface area contributed by atoms with Crippen LogP contribution in [0, 0.1) is 0 Å². The van der Waals surface area contributed by atoms with Crippen molar-refractivity contribution in [3.8, 4) is 0 Å². The minimum absolute atomic E-state index is 0. The van der Waals surface area contributed by atoms with E-state index in [2.05, 4.69) is 52.4 Å². The molecular formula is C30H42I2N4O4. The van der Waals surface area contributed by atoms with Gasteiger partial charge in [0.15, 0.2) is 11.6 Å². The average Bonchev–Trinajstić information content (AvgIpc) is 2.93. The number of rotatable bonds is 12. The molecule has 0 aromatic heterocycles. The summed E-state index contributed by atoms with van der Waals surface area (Å²) in [6.07, 6.45) is 0.601. The fourth-order valence-electron chi connectivity index (χ4n) is 4.70. The number of fused-ring (bicyclic) bond motifs is 2. The van der Waals surface area contributed by atoms with Crippen molar-refractivity contribution in [3.05, 3.63) is 58.7 Å². The number of quaternary nitrogens is 2. The monoisotopic (exact) mass is 776 g/mol. The number of hydrogen-bond donors (Lipinski definition) is 2. The molecule has 0 spiro atoms. The van der Waals surface area contributed by atoms with Crippen LogP contribution in [0.4, 0.5) is 11.4 Å². The highest BCUT2D eigenvalue weighted by Gasteiger charge is 2.34. The molecule has 1 aliphatic carbocycles. The van der Waals surface area contributed by atoms with E-state index in [1.54, 1.807) is 36.4 Å². The van der Waals surface area contributed by atoms with E-state index < -0.39 is 0 Å². The third kappa shape index (κ3) is 8.10. The van der Waals surface area contributed by atoms with E-state index in [9.17, 15) is 19.2 Å². The summed E-state index contributed by atoms with van der Waals surface area (Å²) in [7, 11) is 4.22. The van der Waals surface area contributed by atoms with Crippen LogP contribution in [0.3, 0.4) is 0 Å². The highest BCUT2D eigenvalue weighted by Crippen LogP contribution is 2.35. The van der Waals surface area contributed by atoms with Crippen molar-refractivity contribution < 1.29 is 76.1 Å².